The number of aromatic amines is 1. The van der Waals surface area contributed by atoms with Crippen molar-refractivity contribution in [2.45, 2.75) is 10.9 Å². The fraction of sp³-hybridized carbons (Fsp3) is 0.125. The Hall–Kier alpha value is -2.18. The number of anilines is 2. The van der Waals surface area contributed by atoms with E-state index in [-0.39, 0.29) is 0 Å². The number of methoxy groups -OCH3 is 1. The van der Waals surface area contributed by atoms with E-state index in [0.717, 1.165) is 22.0 Å². The lowest BCUT2D eigenvalue weighted by Gasteiger charge is -2.07. The molecule has 0 aliphatic heterocycles. The molecule has 0 aliphatic rings. The second-order valence-electron chi connectivity index (χ2n) is 4.67. The number of para-hydroxylation sites is 2. The molecule has 0 atom stereocenters. The summed E-state index contributed by atoms with van der Waals surface area (Å²) in [4.78, 5) is 4.41. The van der Waals surface area contributed by atoms with Crippen LogP contribution >= 0.6 is 23.4 Å². The molecule has 118 valence electrons. The number of H-pyrrole nitrogens is 1. The first-order valence-electron chi connectivity index (χ1n) is 6.95. The fourth-order valence-electron chi connectivity index (χ4n) is 2.00. The van der Waals surface area contributed by atoms with Gasteiger partial charge in [0.05, 0.1) is 12.8 Å². The van der Waals surface area contributed by atoms with Gasteiger partial charge < -0.3 is 10.1 Å². The number of nitrogens with one attached hydrogen (secondary N) is 2. The van der Waals surface area contributed by atoms with Gasteiger partial charge in [0, 0.05) is 10.8 Å². The minimum atomic E-state index is 0.566. The van der Waals surface area contributed by atoms with E-state index < -0.39 is 0 Å². The normalized spacial score (nSPS) is 10.5. The molecule has 2 aromatic carbocycles. The summed E-state index contributed by atoms with van der Waals surface area (Å²) in [6.07, 6.45) is 0. The average Bonchev–Trinajstić information content (AvgIpc) is 3.02. The molecule has 0 bridgehead atoms. The largest absolute Gasteiger partial charge is 0.495 e. The van der Waals surface area contributed by atoms with E-state index in [1.165, 1.54) is 11.8 Å². The molecule has 5 nitrogen and oxygen atoms in total. The van der Waals surface area contributed by atoms with Crippen LogP contribution < -0.4 is 10.1 Å². The number of aromatic nitrogens is 3. The zero-order chi connectivity index (χ0) is 16.1. The predicted molar refractivity (Wildman–Crippen MR) is 93.7 cm³/mol. The molecular weight excluding hydrogens is 332 g/mol. The summed E-state index contributed by atoms with van der Waals surface area (Å²) < 4.78 is 5.30. The molecule has 3 rings (SSSR count). The van der Waals surface area contributed by atoms with Crippen molar-refractivity contribution in [1.29, 1.82) is 0 Å². The Balaban J connectivity index is 1.65. The van der Waals surface area contributed by atoms with E-state index in [1.807, 2.05) is 48.5 Å². The van der Waals surface area contributed by atoms with Gasteiger partial charge in [-0.05, 0) is 23.8 Å². The van der Waals surface area contributed by atoms with Gasteiger partial charge in [-0.3, -0.25) is 0 Å². The second kappa shape index (κ2) is 7.39. The number of hydrogen-bond acceptors (Lipinski definition) is 5. The molecular formula is C16H15ClN4OS. The molecule has 7 heteroatoms. The lowest BCUT2D eigenvalue weighted by atomic mass is 10.2. The van der Waals surface area contributed by atoms with Gasteiger partial charge in [0.1, 0.15) is 5.75 Å². The van der Waals surface area contributed by atoms with Crippen LogP contribution in [0, 0.1) is 0 Å². The van der Waals surface area contributed by atoms with Gasteiger partial charge >= 0.3 is 0 Å². The first-order chi connectivity index (χ1) is 11.3. The van der Waals surface area contributed by atoms with Crippen LogP contribution in [-0.4, -0.2) is 22.3 Å². The summed E-state index contributed by atoms with van der Waals surface area (Å²) in [5, 5.41) is 11.6. The van der Waals surface area contributed by atoms with E-state index >= 15 is 0 Å². The van der Waals surface area contributed by atoms with Crippen molar-refractivity contribution in [3.63, 3.8) is 0 Å². The van der Waals surface area contributed by atoms with E-state index in [0.29, 0.717) is 16.9 Å². The summed E-state index contributed by atoms with van der Waals surface area (Å²) in [5.74, 6) is 2.02. The summed E-state index contributed by atoms with van der Waals surface area (Å²) in [6, 6.07) is 15.4. The summed E-state index contributed by atoms with van der Waals surface area (Å²) in [6.45, 7) is 0. The van der Waals surface area contributed by atoms with Crippen LogP contribution in [0.5, 0.6) is 5.75 Å². The van der Waals surface area contributed by atoms with Crippen LogP contribution in [-0.2, 0) is 5.75 Å². The maximum Gasteiger partial charge on any atom is 0.224 e. The van der Waals surface area contributed by atoms with Crippen molar-refractivity contribution < 1.29 is 4.74 Å². The fourth-order valence-corrected chi connectivity index (χ4v) is 3.08. The number of rotatable bonds is 6. The van der Waals surface area contributed by atoms with Crippen LogP contribution in [0.2, 0.25) is 5.02 Å². The smallest absolute Gasteiger partial charge is 0.224 e. The third-order valence-corrected chi connectivity index (χ3v) is 4.40. The van der Waals surface area contributed by atoms with Gasteiger partial charge in [0.2, 0.25) is 11.1 Å². The molecule has 0 amide bonds. The zero-order valence-corrected chi connectivity index (χ0v) is 14.0. The predicted octanol–water partition coefficient (Wildman–Crippen LogP) is 4.50. The molecule has 0 saturated carbocycles. The highest BCUT2D eigenvalue weighted by molar-refractivity contribution is 7.98. The highest BCUT2D eigenvalue weighted by Gasteiger charge is 2.08. The van der Waals surface area contributed by atoms with Crippen molar-refractivity contribution in [2.75, 3.05) is 12.4 Å². The summed E-state index contributed by atoms with van der Waals surface area (Å²) >= 11 is 7.67. The Morgan fingerprint density at radius 2 is 1.96 bits per heavy atom. The Morgan fingerprint density at radius 3 is 2.78 bits per heavy atom. The highest BCUT2D eigenvalue weighted by Crippen LogP contribution is 2.28. The Labute approximate surface area is 143 Å². The maximum absolute atomic E-state index is 6.15. The minimum Gasteiger partial charge on any atom is -0.495 e. The lowest BCUT2D eigenvalue weighted by molar-refractivity contribution is 0.417. The Kier molecular flexibility index (Phi) is 5.05. The number of hydrogen-bond donors (Lipinski definition) is 2. The molecule has 0 radical (unpaired) electrons. The summed E-state index contributed by atoms with van der Waals surface area (Å²) in [5.41, 5.74) is 1.89. The maximum atomic E-state index is 6.15. The molecule has 2 N–H and O–H groups in total. The van der Waals surface area contributed by atoms with Gasteiger partial charge in [-0.1, -0.05) is 53.7 Å². The monoisotopic (exact) mass is 346 g/mol. The van der Waals surface area contributed by atoms with Gasteiger partial charge in [0.25, 0.3) is 0 Å². The van der Waals surface area contributed by atoms with E-state index in [9.17, 15) is 0 Å². The highest BCUT2D eigenvalue weighted by atomic mass is 35.5. The second-order valence-corrected chi connectivity index (χ2v) is 6.02. The molecule has 23 heavy (non-hydrogen) atoms. The number of halogens is 1. The number of benzene rings is 2. The number of thioether (sulfide) groups is 1. The molecule has 1 aromatic heterocycles. The SMILES string of the molecule is COc1ccccc1Nc1nc(SCc2ccccc2Cl)n[nH]1. The van der Waals surface area contributed by atoms with Gasteiger partial charge in [-0.2, -0.15) is 4.98 Å². The van der Waals surface area contributed by atoms with E-state index in [2.05, 4.69) is 20.5 Å². The molecule has 0 unspecified atom stereocenters. The van der Waals surface area contributed by atoms with Crippen LogP contribution in [0.4, 0.5) is 11.6 Å². The van der Waals surface area contributed by atoms with Crippen LogP contribution in [0.1, 0.15) is 5.56 Å². The minimum absolute atomic E-state index is 0.566. The van der Waals surface area contributed by atoms with Crippen molar-refractivity contribution in [3.05, 3.63) is 59.1 Å². The number of nitrogens with zero attached hydrogens (tertiary/aromatic N) is 2. The summed E-state index contributed by atoms with van der Waals surface area (Å²) in [7, 11) is 1.63. The zero-order valence-electron chi connectivity index (χ0n) is 12.4. The molecule has 1 heterocycles. The topological polar surface area (TPSA) is 62.8 Å². The van der Waals surface area contributed by atoms with Crippen LogP contribution in [0.25, 0.3) is 0 Å². The van der Waals surface area contributed by atoms with Crippen LogP contribution in [0.3, 0.4) is 0 Å². The van der Waals surface area contributed by atoms with Gasteiger partial charge in [0.15, 0.2) is 0 Å². The third-order valence-electron chi connectivity index (χ3n) is 3.14. The Bertz CT molecular complexity index is 793. The van der Waals surface area contributed by atoms with Gasteiger partial charge in [-0.15, -0.1) is 5.10 Å². The molecule has 0 spiro atoms. The quantitative estimate of drug-likeness (QED) is 0.643. The average molecular weight is 347 g/mol. The standard InChI is InChI=1S/C16H15ClN4OS/c1-22-14-9-5-4-8-13(14)18-15-19-16(21-20-15)23-10-11-6-2-3-7-12(11)17/h2-9H,10H2,1H3,(H2,18,19,20,21). The molecule has 0 saturated heterocycles. The first kappa shape index (κ1) is 15.7. The Morgan fingerprint density at radius 1 is 1.17 bits per heavy atom. The number of ether oxygens (including phenoxy) is 1. The van der Waals surface area contributed by atoms with E-state index in [4.69, 9.17) is 16.3 Å². The van der Waals surface area contributed by atoms with E-state index in [1.54, 1.807) is 7.11 Å². The van der Waals surface area contributed by atoms with Crippen molar-refractivity contribution in [3.8, 4) is 5.75 Å². The van der Waals surface area contributed by atoms with Gasteiger partial charge in [-0.25, -0.2) is 5.10 Å². The molecule has 0 aliphatic carbocycles. The molecule has 3 aromatic rings. The lowest BCUT2D eigenvalue weighted by Crippen LogP contribution is -1.95. The van der Waals surface area contributed by atoms with Crippen LogP contribution in [0.15, 0.2) is 53.7 Å². The molecule has 0 fully saturated rings. The van der Waals surface area contributed by atoms with Crippen molar-refractivity contribution in [2.24, 2.45) is 0 Å². The van der Waals surface area contributed by atoms with Crippen molar-refractivity contribution in [1.82, 2.24) is 15.2 Å². The third kappa shape index (κ3) is 3.97. The van der Waals surface area contributed by atoms with Crippen molar-refractivity contribution >= 4 is 35.0 Å². The first-order valence-corrected chi connectivity index (χ1v) is 8.31.